The second kappa shape index (κ2) is 8.78. The Morgan fingerprint density at radius 2 is 1.77 bits per heavy atom. The molecule has 31 heavy (non-hydrogen) atoms. The molecule has 0 saturated carbocycles. The first kappa shape index (κ1) is 20.3. The second-order valence-corrected chi connectivity index (χ2v) is 7.34. The average Bonchev–Trinajstić information content (AvgIpc) is 3.23. The number of carboxylic acids is 1. The van der Waals surface area contributed by atoms with Crippen molar-refractivity contribution in [1.29, 1.82) is 5.26 Å². The Morgan fingerprint density at radius 1 is 1.03 bits per heavy atom. The molecule has 4 rings (SSSR count). The number of aromatic carboxylic acids is 1. The second-order valence-electron chi connectivity index (χ2n) is 6.90. The highest BCUT2D eigenvalue weighted by Crippen LogP contribution is 2.29. The van der Waals surface area contributed by atoms with Crippen molar-refractivity contribution in [3.63, 3.8) is 0 Å². The number of halogens is 1. The Labute approximate surface area is 184 Å². The number of hydrogen-bond donors (Lipinski definition) is 1. The summed E-state index contributed by atoms with van der Waals surface area (Å²) in [7, 11) is 0. The largest absolute Gasteiger partial charge is 0.489 e. The van der Waals surface area contributed by atoms with Crippen LogP contribution in [0.4, 0.5) is 0 Å². The first-order chi connectivity index (χ1) is 15.0. The molecule has 6 heteroatoms. The van der Waals surface area contributed by atoms with Crippen LogP contribution in [0.15, 0.2) is 85.2 Å². The van der Waals surface area contributed by atoms with Crippen LogP contribution >= 0.6 is 11.6 Å². The lowest BCUT2D eigenvalue weighted by Gasteiger charge is -2.08. The third-order valence-electron chi connectivity index (χ3n) is 4.82. The van der Waals surface area contributed by atoms with E-state index >= 15 is 0 Å². The third kappa shape index (κ3) is 4.61. The van der Waals surface area contributed by atoms with Crippen LogP contribution in [0.3, 0.4) is 0 Å². The molecule has 1 N–H and O–H groups in total. The highest BCUT2D eigenvalue weighted by atomic mass is 35.5. The minimum absolute atomic E-state index is 0.210. The van der Waals surface area contributed by atoms with Gasteiger partial charge < -0.3 is 14.4 Å². The molecule has 5 nitrogen and oxygen atoms in total. The molecule has 1 heterocycles. The Kier molecular flexibility index (Phi) is 5.74. The molecule has 0 fully saturated rings. The SMILES string of the molecule is N#Cc1cn(-c2ccc(C(=O)O)cc2)cc1-c1cccc(OCc2ccc(Cl)cc2)c1. The molecule has 0 amide bonds. The van der Waals surface area contributed by atoms with Crippen LogP contribution in [-0.2, 0) is 6.61 Å². The summed E-state index contributed by atoms with van der Waals surface area (Å²) in [6, 6.07) is 23.7. The number of hydrogen-bond acceptors (Lipinski definition) is 3. The molecule has 0 aliphatic rings. The van der Waals surface area contributed by atoms with Gasteiger partial charge >= 0.3 is 5.97 Å². The number of nitriles is 1. The lowest BCUT2D eigenvalue weighted by Crippen LogP contribution is -1.97. The molecule has 0 spiro atoms. The maximum absolute atomic E-state index is 11.1. The minimum atomic E-state index is -0.979. The van der Waals surface area contributed by atoms with Gasteiger partial charge in [-0.1, -0.05) is 35.9 Å². The maximum Gasteiger partial charge on any atom is 0.335 e. The van der Waals surface area contributed by atoms with Crippen LogP contribution in [0, 0.1) is 11.3 Å². The quantitative estimate of drug-likeness (QED) is 0.412. The smallest absolute Gasteiger partial charge is 0.335 e. The first-order valence-corrected chi connectivity index (χ1v) is 9.85. The number of carboxylic acid groups (broad SMARTS) is 1. The molecule has 152 valence electrons. The summed E-state index contributed by atoms with van der Waals surface area (Å²) in [5.41, 5.74) is 4.11. The standard InChI is InChI=1S/C25H17ClN2O3/c26-21-8-4-17(5-9-21)16-31-23-3-1-2-19(12-23)24-15-28(14-20(24)13-27)22-10-6-18(7-11-22)25(29)30/h1-12,14-15H,16H2,(H,29,30). The molecule has 0 aliphatic carbocycles. The van der Waals surface area contributed by atoms with Gasteiger partial charge in [-0.3, -0.25) is 0 Å². The molecule has 1 aromatic heterocycles. The molecule has 0 bridgehead atoms. The number of benzene rings is 3. The molecular weight excluding hydrogens is 412 g/mol. The fourth-order valence-corrected chi connectivity index (χ4v) is 3.33. The van der Waals surface area contributed by atoms with Gasteiger partial charge in [-0.15, -0.1) is 0 Å². The fraction of sp³-hybridized carbons (Fsp3) is 0.0400. The highest BCUT2D eigenvalue weighted by Gasteiger charge is 2.12. The van der Waals surface area contributed by atoms with Crippen LogP contribution in [0.25, 0.3) is 16.8 Å². The zero-order valence-electron chi connectivity index (χ0n) is 16.3. The van der Waals surface area contributed by atoms with Gasteiger partial charge in [-0.2, -0.15) is 5.26 Å². The van der Waals surface area contributed by atoms with E-state index in [0.29, 0.717) is 22.9 Å². The van der Waals surface area contributed by atoms with Gasteiger partial charge in [0.15, 0.2) is 0 Å². The first-order valence-electron chi connectivity index (χ1n) is 9.47. The maximum atomic E-state index is 11.1. The van der Waals surface area contributed by atoms with E-state index in [9.17, 15) is 10.1 Å². The van der Waals surface area contributed by atoms with Crippen LogP contribution in [-0.4, -0.2) is 15.6 Å². The zero-order valence-corrected chi connectivity index (χ0v) is 17.1. The van der Waals surface area contributed by atoms with Crippen LogP contribution in [0.2, 0.25) is 5.02 Å². The van der Waals surface area contributed by atoms with Gasteiger partial charge in [0, 0.05) is 28.7 Å². The zero-order chi connectivity index (χ0) is 21.8. The van der Waals surface area contributed by atoms with Crippen molar-refractivity contribution >= 4 is 17.6 Å². The fourth-order valence-electron chi connectivity index (χ4n) is 3.20. The van der Waals surface area contributed by atoms with E-state index in [1.807, 2.05) is 54.7 Å². The molecule has 0 aliphatic heterocycles. The summed E-state index contributed by atoms with van der Waals surface area (Å²) < 4.78 is 7.71. The predicted octanol–water partition coefficient (Wildman–Crippen LogP) is 5.95. The monoisotopic (exact) mass is 428 g/mol. The number of rotatable bonds is 6. The van der Waals surface area contributed by atoms with Crippen LogP contribution in [0.5, 0.6) is 5.75 Å². The number of aromatic nitrogens is 1. The molecule has 4 aromatic rings. The predicted molar refractivity (Wildman–Crippen MR) is 119 cm³/mol. The van der Waals surface area contributed by atoms with Crippen molar-refractivity contribution in [3.8, 4) is 28.6 Å². The highest BCUT2D eigenvalue weighted by molar-refractivity contribution is 6.30. The normalized spacial score (nSPS) is 10.5. The summed E-state index contributed by atoms with van der Waals surface area (Å²) in [6.07, 6.45) is 3.58. The van der Waals surface area contributed by atoms with Gasteiger partial charge in [0.2, 0.25) is 0 Å². The minimum Gasteiger partial charge on any atom is -0.489 e. The molecule has 0 atom stereocenters. The molecule has 3 aromatic carbocycles. The number of ether oxygens (including phenoxy) is 1. The van der Waals surface area contributed by atoms with E-state index in [1.165, 1.54) is 12.1 Å². The molecule has 0 saturated heterocycles. The summed E-state index contributed by atoms with van der Waals surface area (Å²) in [6.45, 7) is 0.405. The van der Waals surface area contributed by atoms with Crippen molar-refractivity contribution in [2.45, 2.75) is 6.61 Å². The lowest BCUT2D eigenvalue weighted by atomic mass is 10.1. The van der Waals surface area contributed by atoms with E-state index in [0.717, 1.165) is 22.4 Å². The van der Waals surface area contributed by atoms with E-state index in [2.05, 4.69) is 6.07 Å². The lowest BCUT2D eigenvalue weighted by molar-refractivity contribution is 0.0697. The van der Waals surface area contributed by atoms with Crippen molar-refractivity contribution < 1.29 is 14.6 Å². The van der Waals surface area contributed by atoms with Crippen molar-refractivity contribution in [3.05, 3.63) is 107 Å². The summed E-state index contributed by atoms with van der Waals surface area (Å²) in [5.74, 6) is -0.289. The van der Waals surface area contributed by atoms with Gasteiger partial charge in [-0.25, -0.2) is 4.79 Å². The topological polar surface area (TPSA) is 75.2 Å². The average molecular weight is 429 g/mol. The van der Waals surface area contributed by atoms with Crippen LogP contribution < -0.4 is 4.74 Å². The molecule has 0 radical (unpaired) electrons. The van der Waals surface area contributed by atoms with Crippen molar-refractivity contribution in [2.24, 2.45) is 0 Å². The van der Waals surface area contributed by atoms with Crippen molar-refractivity contribution in [2.75, 3.05) is 0 Å². The molecular formula is C25H17ClN2O3. The van der Waals surface area contributed by atoms with E-state index in [1.54, 1.807) is 22.9 Å². The Balaban J connectivity index is 1.59. The molecule has 0 unspecified atom stereocenters. The Bertz CT molecular complexity index is 1270. The summed E-state index contributed by atoms with van der Waals surface area (Å²) >= 11 is 5.92. The van der Waals surface area contributed by atoms with Gasteiger partial charge in [-0.05, 0) is 59.7 Å². The van der Waals surface area contributed by atoms with E-state index in [-0.39, 0.29) is 5.56 Å². The van der Waals surface area contributed by atoms with Crippen LogP contribution in [0.1, 0.15) is 21.5 Å². The third-order valence-corrected chi connectivity index (χ3v) is 5.08. The van der Waals surface area contributed by atoms with E-state index < -0.39 is 5.97 Å². The van der Waals surface area contributed by atoms with E-state index in [4.69, 9.17) is 21.4 Å². The van der Waals surface area contributed by atoms with Crippen molar-refractivity contribution in [1.82, 2.24) is 4.57 Å². The Morgan fingerprint density at radius 3 is 2.45 bits per heavy atom. The number of carbonyl (C=O) groups is 1. The van der Waals surface area contributed by atoms with Gasteiger partial charge in [0.25, 0.3) is 0 Å². The summed E-state index contributed by atoms with van der Waals surface area (Å²) in [4.78, 5) is 11.1. The van der Waals surface area contributed by atoms with Gasteiger partial charge in [0.05, 0.1) is 11.1 Å². The number of nitrogens with zero attached hydrogens (tertiary/aromatic N) is 2. The summed E-state index contributed by atoms with van der Waals surface area (Å²) in [5, 5.41) is 19.4. The van der Waals surface area contributed by atoms with Gasteiger partial charge in [0.1, 0.15) is 18.4 Å². The Hall–Kier alpha value is -4.01.